The Kier molecular flexibility index (Phi) is 5.86. The predicted molar refractivity (Wildman–Crippen MR) is 120 cm³/mol. The summed E-state index contributed by atoms with van der Waals surface area (Å²) in [6.07, 6.45) is 1.48. The van der Waals surface area contributed by atoms with Gasteiger partial charge in [-0.3, -0.25) is 19.8 Å². The summed E-state index contributed by atoms with van der Waals surface area (Å²) in [4.78, 5) is 26.7. The van der Waals surface area contributed by atoms with Crippen LogP contribution in [-0.2, 0) is 16.2 Å². The number of para-hydroxylation sites is 1. The topological polar surface area (TPSA) is 58.6 Å². The maximum atomic E-state index is 13.8. The normalized spacial score (nSPS) is 15.2. The molecule has 0 radical (unpaired) electrons. The molecule has 0 unspecified atom stereocenters. The summed E-state index contributed by atoms with van der Waals surface area (Å²) in [7, 11) is 0. The number of amides is 2. The Bertz CT molecular complexity index is 1190. The molecule has 1 fully saturated rings. The van der Waals surface area contributed by atoms with Crippen LogP contribution in [-0.4, -0.2) is 16.9 Å². The number of nitrogens with zero attached hydrogens (tertiary/aromatic N) is 1. The first-order valence-corrected chi connectivity index (χ1v) is 9.86. The molecule has 154 valence electrons. The summed E-state index contributed by atoms with van der Waals surface area (Å²) in [6, 6.07) is 22.1. The van der Waals surface area contributed by atoms with E-state index >= 15 is 0 Å². The van der Waals surface area contributed by atoms with Crippen LogP contribution in [0.2, 0.25) is 0 Å². The Morgan fingerprint density at radius 2 is 1.71 bits per heavy atom. The average molecular weight is 432 g/mol. The molecular weight excluding hydrogens is 415 g/mol. The number of ether oxygens (including phenoxy) is 1. The molecule has 1 heterocycles. The number of benzene rings is 3. The van der Waals surface area contributed by atoms with Crippen molar-refractivity contribution in [2.75, 3.05) is 4.90 Å². The van der Waals surface area contributed by atoms with Gasteiger partial charge in [0.25, 0.3) is 11.8 Å². The van der Waals surface area contributed by atoms with Gasteiger partial charge in [-0.25, -0.2) is 4.39 Å². The third-order valence-electron chi connectivity index (χ3n) is 4.64. The van der Waals surface area contributed by atoms with Crippen LogP contribution in [0.4, 0.5) is 10.1 Å². The zero-order valence-corrected chi connectivity index (χ0v) is 17.1. The molecular formula is C24H17FN2O3S. The SMILES string of the molecule is O=C1NC(=S)N(c2ccccc2)C(=O)/C1=C/c1cccc(OCc2ccccc2F)c1. The van der Waals surface area contributed by atoms with E-state index in [-0.39, 0.29) is 23.1 Å². The molecule has 0 aromatic heterocycles. The van der Waals surface area contributed by atoms with Crippen LogP contribution in [0.5, 0.6) is 5.75 Å². The molecule has 31 heavy (non-hydrogen) atoms. The maximum absolute atomic E-state index is 13.8. The Hall–Kier alpha value is -3.84. The number of halogens is 1. The van der Waals surface area contributed by atoms with E-state index in [0.29, 0.717) is 22.6 Å². The highest BCUT2D eigenvalue weighted by atomic mass is 32.1. The summed E-state index contributed by atoms with van der Waals surface area (Å²) in [5.41, 5.74) is 1.53. The molecule has 5 nitrogen and oxygen atoms in total. The minimum absolute atomic E-state index is 0.0281. The van der Waals surface area contributed by atoms with Gasteiger partial charge in [0.15, 0.2) is 5.11 Å². The highest BCUT2D eigenvalue weighted by Gasteiger charge is 2.34. The molecule has 4 rings (SSSR count). The van der Waals surface area contributed by atoms with Crippen LogP contribution in [0, 0.1) is 5.82 Å². The molecule has 3 aromatic rings. The predicted octanol–water partition coefficient (Wildman–Crippen LogP) is 4.24. The Balaban J connectivity index is 1.58. The zero-order chi connectivity index (χ0) is 21.8. The third kappa shape index (κ3) is 4.51. The van der Waals surface area contributed by atoms with E-state index in [9.17, 15) is 14.0 Å². The van der Waals surface area contributed by atoms with E-state index < -0.39 is 11.8 Å². The Morgan fingerprint density at radius 3 is 2.48 bits per heavy atom. The lowest BCUT2D eigenvalue weighted by Gasteiger charge is -2.28. The molecule has 1 saturated heterocycles. The van der Waals surface area contributed by atoms with Gasteiger partial charge in [0.05, 0.1) is 5.69 Å². The van der Waals surface area contributed by atoms with Gasteiger partial charge in [-0.15, -0.1) is 0 Å². The van der Waals surface area contributed by atoms with Crippen molar-refractivity contribution >= 4 is 40.9 Å². The molecule has 0 bridgehead atoms. The summed E-state index contributed by atoms with van der Waals surface area (Å²) >= 11 is 5.19. The molecule has 3 aromatic carbocycles. The van der Waals surface area contributed by atoms with Crippen LogP contribution in [0.15, 0.2) is 84.4 Å². The second-order valence-electron chi connectivity index (χ2n) is 6.75. The number of hydrogen-bond donors (Lipinski definition) is 1. The van der Waals surface area contributed by atoms with Crippen molar-refractivity contribution in [3.8, 4) is 5.75 Å². The maximum Gasteiger partial charge on any atom is 0.270 e. The van der Waals surface area contributed by atoms with Crippen molar-refractivity contribution < 1.29 is 18.7 Å². The van der Waals surface area contributed by atoms with E-state index in [1.54, 1.807) is 66.7 Å². The number of nitrogens with one attached hydrogen (secondary N) is 1. The summed E-state index contributed by atoms with van der Waals surface area (Å²) in [6.45, 7) is 0.0577. The molecule has 0 spiro atoms. The van der Waals surface area contributed by atoms with Gasteiger partial charge in [-0.05, 0) is 54.2 Å². The molecule has 1 aliphatic rings. The number of anilines is 1. The summed E-state index contributed by atoms with van der Waals surface area (Å²) in [5.74, 6) is -0.948. The molecule has 1 aliphatic heterocycles. The van der Waals surface area contributed by atoms with Gasteiger partial charge < -0.3 is 4.74 Å². The molecule has 0 aliphatic carbocycles. The smallest absolute Gasteiger partial charge is 0.270 e. The fourth-order valence-corrected chi connectivity index (χ4v) is 3.39. The lowest BCUT2D eigenvalue weighted by molar-refractivity contribution is -0.122. The fraction of sp³-hybridized carbons (Fsp3) is 0.0417. The molecule has 0 saturated carbocycles. The molecule has 7 heteroatoms. The second-order valence-corrected chi connectivity index (χ2v) is 7.13. The van der Waals surface area contributed by atoms with Gasteiger partial charge >= 0.3 is 0 Å². The van der Waals surface area contributed by atoms with Gasteiger partial charge in [-0.2, -0.15) is 0 Å². The van der Waals surface area contributed by atoms with E-state index in [2.05, 4.69) is 5.32 Å². The molecule has 1 N–H and O–H groups in total. The zero-order valence-electron chi connectivity index (χ0n) is 16.2. The van der Waals surface area contributed by atoms with Gasteiger partial charge in [0.2, 0.25) is 0 Å². The Morgan fingerprint density at radius 1 is 0.968 bits per heavy atom. The fourth-order valence-electron chi connectivity index (χ4n) is 3.11. The minimum Gasteiger partial charge on any atom is -0.489 e. The second kappa shape index (κ2) is 8.89. The number of rotatable bonds is 5. The highest BCUT2D eigenvalue weighted by molar-refractivity contribution is 7.80. The average Bonchev–Trinajstić information content (AvgIpc) is 2.77. The number of carbonyl (C=O) groups excluding carboxylic acids is 2. The van der Waals surface area contributed by atoms with E-state index in [1.807, 2.05) is 6.07 Å². The van der Waals surface area contributed by atoms with Crippen molar-refractivity contribution in [1.82, 2.24) is 5.32 Å². The Labute approximate surface area is 183 Å². The van der Waals surface area contributed by atoms with E-state index in [0.717, 1.165) is 0 Å². The van der Waals surface area contributed by atoms with Gasteiger partial charge in [0, 0.05) is 5.56 Å². The number of thiocarbonyl (C=S) groups is 1. The van der Waals surface area contributed by atoms with Crippen LogP contribution in [0.3, 0.4) is 0 Å². The number of hydrogen-bond acceptors (Lipinski definition) is 4. The van der Waals surface area contributed by atoms with Gasteiger partial charge in [0.1, 0.15) is 23.7 Å². The lowest BCUT2D eigenvalue weighted by Crippen LogP contribution is -2.54. The number of carbonyl (C=O) groups is 2. The first-order chi connectivity index (χ1) is 15.0. The largest absolute Gasteiger partial charge is 0.489 e. The first kappa shape index (κ1) is 20.4. The van der Waals surface area contributed by atoms with Crippen molar-refractivity contribution in [2.45, 2.75) is 6.61 Å². The van der Waals surface area contributed by atoms with Crippen molar-refractivity contribution in [3.63, 3.8) is 0 Å². The lowest BCUT2D eigenvalue weighted by atomic mass is 10.1. The van der Waals surface area contributed by atoms with Crippen LogP contribution < -0.4 is 15.0 Å². The highest BCUT2D eigenvalue weighted by Crippen LogP contribution is 2.23. The first-order valence-electron chi connectivity index (χ1n) is 9.46. The van der Waals surface area contributed by atoms with Crippen LogP contribution in [0.1, 0.15) is 11.1 Å². The van der Waals surface area contributed by atoms with Crippen LogP contribution >= 0.6 is 12.2 Å². The third-order valence-corrected chi connectivity index (χ3v) is 4.92. The van der Waals surface area contributed by atoms with E-state index in [1.165, 1.54) is 17.0 Å². The van der Waals surface area contributed by atoms with Crippen molar-refractivity contribution in [3.05, 3.63) is 101 Å². The summed E-state index contributed by atoms with van der Waals surface area (Å²) < 4.78 is 19.5. The summed E-state index contributed by atoms with van der Waals surface area (Å²) in [5, 5.41) is 2.58. The van der Waals surface area contributed by atoms with Crippen molar-refractivity contribution in [2.24, 2.45) is 0 Å². The van der Waals surface area contributed by atoms with E-state index in [4.69, 9.17) is 17.0 Å². The quantitative estimate of drug-likeness (QED) is 0.372. The monoisotopic (exact) mass is 432 g/mol. The van der Waals surface area contributed by atoms with Gasteiger partial charge in [-0.1, -0.05) is 48.5 Å². The standard InChI is InChI=1S/C24H17FN2O3S/c25-21-12-5-4-8-17(21)15-30-19-11-6-7-16(13-19)14-20-22(28)26-24(31)27(23(20)29)18-9-2-1-3-10-18/h1-14H,15H2,(H,26,28,31)/b20-14+. The molecule has 0 atom stereocenters. The van der Waals surface area contributed by atoms with Crippen molar-refractivity contribution in [1.29, 1.82) is 0 Å². The molecule has 2 amide bonds. The minimum atomic E-state index is -0.570. The van der Waals surface area contributed by atoms with Crippen LogP contribution in [0.25, 0.3) is 6.08 Å².